The Balaban J connectivity index is 2.28. The lowest BCUT2D eigenvalue weighted by atomic mass is 10.2. The molecule has 0 aromatic heterocycles. The number of amides is 1. The van der Waals surface area contributed by atoms with E-state index in [0.29, 0.717) is 5.69 Å². The van der Waals surface area contributed by atoms with E-state index in [-0.39, 0.29) is 15.5 Å². The predicted molar refractivity (Wildman–Crippen MR) is 89.0 cm³/mol. The fraction of sp³-hybridized carbons (Fsp3) is 0.0714. The topological polar surface area (TPSA) is 89.3 Å². The van der Waals surface area contributed by atoms with Crippen LogP contribution in [0.25, 0.3) is 0 Å². The number of benzene rings is 2. The molecule has 0 aliphatic carbocycles. The Morgan fingerprint density at radius 2 is 1.82 bits per heavy atom. The van der Waals surface area contributed by atoms with E-state index in [1.165, 1.54) is 12.1 Å². The van der Waals surface area contributed by atoms with Gasteiger partial charge in [0.05, 0.1) is 15.5 Å². The first-order valence-corrected chi connectivity index (χ1v) is 9.24. The van der Waals surface area contributed by atoms with Crippen LogP contribution >= 0.6 is 23.4 Å². The third kappa shape index (κ3) is 4.01. The average molecular weight is 357 g/mol. The summed E-state index contributed by atoms with van der Waals surface area (Å²) in [6.45, 7) is 0. The van der Waals surface area contributed by atoms with Gasteiger partial charge in [-0.15, -0.1) is 11.8 Å². The highest BCUT2D eigenvalue weighted by molar-refractivity contribution is 7.98. The molecule has 0 atom stereocenters. The highest BCUT2D eigenvalue weighted by Crippen LogP contribution is 2.22. The Hall–Kier alpha value is -1.54. The second-order valence-corrected chi connectivity index (χ2v) is 7.22. The van der Waals surface area contributed by atoms with Gasteiger partial charge in [-0.3, -0.25) is 4.79 Å². The van der Waals surface area contributed by atoms with Crippen LogP contribution in [0.3, 0.4) is 0 Å². The third-order valence-corrected chi connectivity index (χ3v) is 4.84. The van der Waals surface area contributed by atoms with Gasteiger partial charge in [-0.25, -0.2) is 13.6 Å². The number of hydrogen-bond donors (Lipinski definition) is 2. The van der Waals surface area contributed by atoms with Crippen LogP contribution in [0.15, 0.2) is 52.3 Å². The number of carbonyl (C=O) groups is 1. The van der Waals surface area contributed by atoms with Crippen LogP contribution in [0.2, 0.25) is 5.02 Å². The summed E-state index contributed by atoms with van der Waals surface area (Å²) in [6, 6.07) is 11.0. The Bertz CT molecular complexity index is 805. The van der Waals surface area contributed by atoms with Gasteiger partial charge in [0.1, 0.15) is 0 Å². The largest absolute Gasteiger partial charge is 0.322 e. The maximum absolute atomic E-state index is 12.2. The minimum absolute atomic E-state index is 0.0436. The van der Waals surface area contributed by atoms with Crippen molar-refractivity contribution in [3.05, 3.63) is 53.1 Å². The summed E-state index contributed by atoms with van der Waals surface area (Å²) < 4.78 is 22.7. The molecule has 0 saturated heterocycles. The highest BCUT2D eigenvalue weighted by Gasteiger charge is 2.16. The number of nitrogens with two attached hydrogens (primary N) is 1. The van der Waals surface area contributed by atoms with Crippen LogP contribution in [-0.4, -0.2) is 20.6 Å². The summed E-state index contributed by atoms with van der Waals surface area (Å²) in [5.74, 6) is -0.507. The number of sulfonamides is 1. The molecule has 116 valence electrons. The third-order valence-electron chi connectivity index (χ3n) is 2.86. The summed E-state index contributed by atoms with van der Waals surface area (Å²) >= 11 is 7.54. The lowest BCUT2D eigenvalue weighted by Gasteiger charge is -2.08. The van der Waals surface area contributed by atoms with Crippen molar-refractivity contribution in [3.8, 4) is 0 Å². The van der Waals surface area contributed by atoms with Crippen molar-refractivity contribution < 1.29 is 13.2 Å². The van der Waals surface area contributed by atoms with Gasteiger partial charge in [0.25, 0.3) is 5.91 Å². The molecule has 2 aromatic carbocycles. The van der Waals surface area contributed by atoms with Gasteiger partial charge in [-0.1, -0.05) is 11.6 Å². The molecule has 0 bridgehead atoms. The molecule has 0 unspecified atom stereocenters. The minimum Gasteiger partial charge on any atom is -0.322 e. The number of halogens is 1. The smallest absolute Gasteiger partial charge is 0.257 e. The lowest BCUT2D eigenvalue weighted by Crippen LogP contribution is -2.16. The summed E-state index contributed by atoms with van der Waals surface area (Å²) in [4.78, 5) is 13.1. The number of nitrogens with one attached hydrogen (secondary N) is 1. The molecule has 3 N–H and O–H groups in total. The van der Waals surface area contributed by atoms with Crippen LogP contribution in [-0.2, 0) is 10.0 Å². The molecular weight excluding hydrogens is 344 g/mol. The normalized spacial score (nSPS) is 11.2. The van der Waals surface area contributed by atoms with Crippen LogP contribution in [0.1, 0.15) is 10.4 Å². The molecule has 0 saturated carbocycles. The molecule has 2 aromatic rings. The van der Waals surface area contributed by atoms with Gasteiger partial charge in [0.15, 0.2) is 0 Å². The van der Waals surface area contributed by atoms with E-state index in [1.807, 2.05) is 18.4 Å². The molecule has 1 amide bonds. The summed E-state index contributed by atoms with van der Waals surface area (Å²) in [5, 5.41) is 7.86. The van der Waals surface area contributed by atoms with Crippen molar-refractivity contribution in [2.45, 2.75) is 9.79 Å². The predicted octanol–water partition coefficient (Wildman–Crippen LogP) is 2.96. The first kappa shape index (κ1) is 16.8. The summed E-state index contributed by atoms with van der Waals surface area (Å²) in [5.41, 5.74) is 0.627. The number of anilines is 1. The van der Waals surface area contributed by atoms with Crippen molar-refractivity contribution >= 4 is 45.0 Å². The Morgan fingerprint density at radius 1 is 1.18 bits per heavy atom. The molecule has 5 nitrogen and oxygen atoms in total. The zero-order valence-corrected chi connectivity index (χ0v) is 13.9. The lowest BCUT2D eigenvalue weighted by molar-refractivity contribution is 0.102. The van der Waals surface area contributed by atoms with Crippen LogP contribution < -0.4 is 10.5 Å². The number of hydrogen-bond acceptors (Lipinski definition) is 4. The number of rotatable bonds is 4. The molecule has 0 aliphatic rings. The second kappa shape index (κ2) is 6.70. The van der Waals surface area contributed by atoms with Crippen molar-refractivity contribution in [3.63, 3.8) is 0 Å². The summed E-state index contributed by atoms with van der Waals surface area (Å²) in [7, 11) is -3.90. The van der Waals surface area contributed by atoms with Gasteiger partial charge in [0, 0.05) is 10.6 Å². The Labute approximate surface area is 137 Å². The number of primary sulfonamides is 1. The van der Waals surface area contributed by atoms with Crippen molar-refractivity contribution in [2.75, 3.05) is 11.6 Å². The molecular formula is C14H13ClN2O3S2. The maximum atomic E-state index is 12.2. The first-order chi connectivity index (χ1) is 10.3. The van der Waals surface area contributed by atoms with Crippen molar-refractivity contribution in [1.82, 2.24) is 0 Å². The van der Waals surface area contributed by atoms with E-state index in [9.17, 15) is 13.2 Å². The molecule has 0 spiro atoms. The summed E-state index contributed by atoms with van der Waals surface area (Å²) in [6.07, 6.45) is 1.95. The fourth-order valence-corrected chi connectivity index (χ4v) is 2.88. The second-order valence-electron chi connectivity index (χ2n) is 4.37. The molecule has 0 aliphatic heterocycles. The Morgan fingerprint density at radius 3 is 2.36 bits per heavy atom. The molecule has 8 heteroatoms. The van der Waals surface area contributed by atoms with Gasteiger partial charge in [-0.05, 0) is 48.7 Å². The number of carbonyl (C=O) groups excluding carboxylic acids is 1. The minimum atomic E-state index is -3.90. The van der Waals surface area contributed by atoms with Crippen LogP contribution in [0.4, 0.5) is 5.69 Å². The Kier molecular flexibility index (Phi) is 5.12. The zero-order chi connectivity index (χ0) is 16.3. The highest BCUT2D eigenvalue weighted by atomic mass is 35.5. The molecule has 2 rings (SSSR count). The maximum Gasteiger partial charge on any atom is 0.257 e. The quantitative estimate of drug-likeness (QED) is 0.824. The van der Waals surface area contributed by atoms with Crippen molar-refractivity contribution in [2.24, 2.45) is 5.14 Å². The average Bonchev–Trinajstić information content (AvgIpc) is 2.47. The molecule has 0 fully saturated rings. The molecule has 0 heterocycles. The van der Waals surface area contributed by atoms with E-state index < -0.39 is 15.9 Å². The molecule has 22 heavy (non-hydrogen) atoms. The number of thioether (sulfide) groups is 1. The SMILES string of the molecule is CSc1ccc(NC(=O)c2cc(S(N)(=O)=O)ccc2Cl)cc1. The van der Waals surface area contributed by atoms with E-state index in [2.05, 4.69) is 5.32 Å². The first-order valence-electron chi connectivity index (χ1n) is 6.09. The fourth-order valence-electron chi connectivity index (χ4n) is 1.73. The van der Waals surface area contributed by atoms with Crippen LogP contribution in [0, 0.1) is 0 Å². The molecule has 0 radical (unpaired) electrons. The van der Waals surface area contributed by atoms with E-state index >= 15 is 0 Å². The van der Waals surface area contributed by atoms with E-state index in [4.69, 9.17) is 16.7 Å². The standard InChI is InChI=1S/C14H13ClN2O3S2/c1-21-10-4-2-9(3-5-10)17-14(18)12-8-11(22(16,19)20)6-7-13(12)15/h2-8H,1H3,(H,17,18)(H2,16,19,20). The zero-order valence-electron chi connectivity index (χ0n) is 11.5. The monoisotopic (exact) mass is 356 g/mol. The van der Waals surface area contributed by atoms with Crippen LogP contribution in [0.5, 0.6) is 0 Å². The van der Waals surface area contributed by atoms with Gasteiger partial charge < -0.3 is 5.32 Å². The van der Waals surface area contributed by atoms with Gasteiger partial charge >= 0.3 is 0 Å². The van der Waals surface area contributed by atoms with Crippen molar-refractivity contribution in [1.29, 1.82) is 0 Å². The van der Waals surface area contributed by atoms with Gasteiger partial charge in [0.2, 0.25) is 10.0 Å². The van der Waals surface area contributed by atoms with E-state index in [0.717, 1.165) is 11.0 Å². The van der Waals surface area contributed by atoms with Gasteiger partial charge in [-0.2, -0.15) is 0 Å². The van der Waals surface area contributed by atoms with E-state index in [1.54, 1.807) is 23.9 Å².